The molecule has 1 rings (SSSR count). The van der Waals surface area contributed by atoms with Crippen molar-refractivity contribution in [3.05, 3.63) is 29.6 Å². The molecule has 0 radical (unpaired) electrons. The molecule has 1 atom stereocenters. The van der Waals surface area contributed by atoms with Crippen molar-refractivity contribution < 1.29 is 24.1 Å². The van der Waals surface area contributed by atoms with Crippen LogP contribution >= 0.6 is 0 Å². The van der Waals surface area contributed by atoms with Crippen molar-refractivity contribution in [2.24, 2.45) is 0 Å². The minimum Gasteiger partial charge on any atom is -0.488 e. The van der Waals surface area contributed by atoms with E-state index in [9.17, 15) is 9.50 Å². The van der Waals surface area contributed by atoms with Crippen molar-refractivity contribution in [1.82, 2.24) is 0 Å². The van der Waals surface area contributed by atoms with Crippen LogP contribution in [-0.4, -0.2) is 36.1 Å². The van der Waals surface area contributed by atoms with E-state index in [-0.39, 0.29) is 25.6 Å². The molecular formula is C12H17FO4. The molecule has 1 unspecified atom stereocenters. The first-order chi connectivity index (χ1) is 8.17. The van der Waals surface area contributed by atoms with E-state index in [1.165, 1.54) is 12.1 Å². The van der Waals surface area contributed by atoms with E-state index in [0.29, 0.717) is 12.2 Å². The van der Waals surface area contributed by atoms with Gasteiger partial charge in [-0.3, -0.25) is 0 Å². The molecule has 0 aliphatic carbocycles. The second-order valence-corrected chi connectivity index (χ2v) is 3.55. The van der Waals surface area contributed by atoms with Gasteiger partial charge in [0.05, 0.1) is 13.2 Å². The lowest BCUT2D eigenvalue weighted by Crippen LogP contribution is -2.23. The molecule has 0 spiro atoms. The predicted molar refractivity (Wildman–Crippen MR) is 60.3 cm³/mol. The Kier molecular flexibility index (Phi) is 5.90. The zero-order valence-corrected chi connectivity index (χ0v) is 9.73. The summed E-state index contributed by atoms with van der Waals surface area (Å²) in [6.07, 6.45) is -0.785. The molecule has 0 fully saturated rings. The molecule has 1 aromatic rings. The van der Waals surface area contributed by atoms with Crippen molar-refractivity contribution in [3.8, 4) is 5.75 Å². The molecule has 17 heavy (non-hydrogen) atoms. The Balaban J connectivity index is 2.46. The summed E-state index contributed by atoms with van der Waals surface area (Å²) in [6, 6.07) is 4.19. The summed E-state index contributed by atoms with van der Waals surface area (Å²) in [4.78, 5) is 0. The fourth-order valence-corrected chi connectivity index (χ4v) is 1.25. The molecule has 0 saturated carbocycles. The standard InChI is InChI=1S/C12H17FO4/c1-2-16-7-10(15)8-17-12-4-3-9(6-14)5-11(12)13/h3-5,10,14-15H,2,6-8H2,1H3. The molecule has 0 aromatic heterocycles. The van der Waals surface area contributed by atoms with Crippen LogP contribution in [0.25, 0.3) is 0 Å². The van der Waals surface area contributed by atoms with E-state index in [1.54, 1.807) is 6.07 Å². The second-order valence-electron chi connectivity index (χ2n) is 3.55. The third kappa shape index (κ3) is 4.68. The van der Waals surface area contributed by atoms with Gasteiger partial charge in [-0.1, -0.05) is 6.07 Å². The Morgan fingerprint density at radius 2 is 2.12 bits per heavy atom. The third-order valence-electron chi connectivity index (χ3n) is 2.12. The molecule has 0 bridgehead atoms. The SMILES string of the molecule is CCOCC(O)COc1ccc(CO)cc1F. The van der Waals surface area contributed by atoms with Gasteiger partial charge in [0, 0.05) is 6.61 Å². The normalized spacial score (nSPS) is 12.5. The molecule has 2 N–H and O–H groups in total. The minimum absolute atomic E-state index is 0.0323. The number of hydrogen-bond acceptors (Lipinski definition) is 4. The zero-order valence-electron chi connectivity index (χ0n) is 9.73. The van der Waals surface area contributed by atoms with Gasteiger partial charge < -0.3 is 19.7 Å². The molecule has 0 saturated heterocycles. The molecule has 4 nitrogen and oxygen atoms in total. The first-order valence-corrected chi connectivity index (χ1v) is 5.45. The van der Waals surface area contributed by atoms with Gasteiger partial charge in [0.2, 0.25) is 0 Å². The summed E-state index contributed by atoms with van der Waals surface area (Å²) in [5, 5.41) is 18.2. The number of aliphatic hydroxyl groups is 2. The monoisotopic (exact) mass is 244 g/mol. The van der Waals surface area contributed by atoms with E-state index >= 15 is 0 Å². The van der Waals surface area contributed by atoms with E-state index < -0.39 is 11.9 Å². The lowest BCUT2D eigenvalue weighted by molar-refractivity contribution is 0.0157. The Morgan fingerprint density at radius 3 is 2.71 bits per heavy atom. The van der Waals surface area contributed by atoms with Crippen LogP contribution in [0, 0.1) is 5.82 Å². The first kappa shape index (κ1) is 13.9. The van der Waals surface area contributed by atoms with Gasteiger partial charge in [-0.25, -0.2) is 4.39 Å². The van der Waals surface area contributed by atoms with E-state index in [4.69, 9.17) is 14.6 Å². The summed E-state index contributed by atoms with van der Waals surface area (Å²) < 4.78 is 23.5. The van der Waals surface area contributed by atoms with Crippen molar-refractivity contribution in [2.75, 3.05) is 19.8 Å². The maximum Gasteiger partial charge on any atom is 0.165 e. The van der Waals surface area contributed by atoms with Crippen LogP contribution < -0.4 is 4.74 Å². The molecule has 0 aliphatic rings. The molecule has 0 aliphatic heterocycles. The van der Waals surface area contributed by atoms with E-state index in [0.717, 1.165) is 0 Å². The van der Waals surface area contributed by atoms with Crippen LogP contribution in [0.5, 0.6) is 5.75 Å². The van der Waals surface area contributed by atoms with Gasteiger partial charge in [0.15, 0.2) is 11.6 Å². The maximum absolute atomic E-state index is 13.4. The Labute approximate surface area is 99.6 Å². The first-order valence-electron chi connectivity index (χ1n) is 5.45. The van der Waals surface area contributed by atoms with Gasteiger partial charge in [-0.05, 0) is 24.6 Å². The average molecular weight is 244 g/mol. The summed E-state index contributed by atoms with van der Waals surface area (Å²) >= 11 is 0. The predicted octanol–water partition coefficient (Wildman–Crippen LogP) is 1.09. The number of rotatable bonds is 7. The number of benzene rings is 1. The molecule has 96 valence electrons. The van der Waals surface area contributed by atoms with Gasteiger partial charge in [0.1, 0.15) is 12.7 Å². The van der Waals surface area contributed by atoms with Crippen LogP contribution in [0.15, 0.2) is 18.2 Å². The van der Waals surface area contributed by atoms with Crippen LogP contribution in [0.4, 0.5) is 4.39 Å². The lowest BCUT2D eigenvalue weighted by Gasteiger charge is -2.12. The third-order valence-corrected chi connectivity index (χ3v) is 2.12. The smallest absolute Gasteiger partial charge is 0.165 e. The molecule has 1 aromatic carbocycles. The Hall–Kier alpha value is -1.17. The minimum atomic E-state index is -0.785. The van der Waals surface area contributed by atoms with Gasteiger partial charge >= 0.3 is 0 Å². The molecule has 0 heterocycles. The van der Waals surface area contributed by atoms with Crippen molar-refractivity contribution in [1.29, 1.82) is 0 Å². The highest BCUT2D eigenvalue weighted by atomic mass is 19.1. The highest BCUT2D eigenvalue weighted by Crippen LogP contribution is 2.18. The Morgan fingerprint density at radius 1 is 1.35 bits per heavy atom. The van der Waals surface area contributed by atoms with Gasteiger partial charge in [-0.2, -0.15) is 0 Å². The summed E-state index contributed by atoms with van der Waals surface area (Å²) in [7, 11) is 0. The van der Waals surface area contributed by atoms with E-state index in [1.807, 2.05) is 6.92 Å². The summed E-state index contributed by atoms with van der Waals surface area (Å²) in [5.41, 5.74) is 0.477. The van der Waals surface area contributed by atoms with E-state index in [2.05, 4.69) is 0 Å². The van der Waals surface area contributed by atoms with Crippen molar-refractivity contribution in [3.63, 3.8) is 0 Å². The quantitative estimate of drug-likeness (QED) is 0.754. The molecular weight excluding hydrogens is 227 g/mol. The van der Waals surface area contributed by atoms with Crippen LogP contribution in [0.2, 0.25) is 0 Å². The fourth-order valence-electron chi connectivity index (χ4n) is 1.25. The average Bonchev–Trinajstić information content (AvgIpc) is 2.34. The van der Waals surface area contributed by atoms with Crippen molar-refractivity contribution in [2.45, 2.75) is 19.6 Å². The van der Waals surface area contributed by atoms with Gasteiger partial charge in [0.25, 0.3) is 0 Å². The molecule has 0 amide bonds. The van der Waals surface area contributed by atoms with Crippen LogP contribution in [0.1, 0.15) is 12.5 Å². The topological polar surface area (TPSA) is 58.9 Å². The van der Waals surface area contributed by atoms with Crippen LogP contribution in [-0.2, 0) is 11.3 Å². The largest absolute Gasteiger partial charge is 0.488 e. The Bertz CT molecular complexity index is 343. The zero-order chi connectivity index (χ0) is 12.7. The fraction of sp³-hybridized carbons (Fsp3) is 0.500. The van der Waals surface area contributed by atoms with Crippen molar-refractivity contribution >= 4 is 0 Å². The van der Waals surface area contributed by atoms with Crippen LogP contribution in [0.3, 0.4) is 0 Å². The lowest BCUT2D eigenvalue weighted by atomic mass is 10.2. The second kappa shape index (κ2) is 7.21. The number of aliphatic hydroxyl groups excluding tert-OH is 2. The number of ether oxygens (including phenoxy) is 2. The summed E-state index contributed by atoms with van der Waals surface area (Å²) in [5.74, 6) is -0.502. The summed E-state index contributed by atoms with van der Waals surface area (Å²) in [6.45, 7) is 2.24. The number of hydrogen-bond donors (Lipinski definition) is 2. The van der Waals surface area contributed by atoms with Gasteiger partial charge in [-0.15, -0.1) is 0 Å². The highest BCUT2D eigenvalue weighted by molar-refractivity contribution is 5.28. The molecule has 5 heteroatoms. The maximum atomic E-state index is 13.4. The highest BCUT2D eigenvalue weighted by Gasteiger charge is 2.08. The number of halogens is 1.